The van der Waals surface area contributed by atoms with Crippen molar-refractivity contribution in [3.8, 4) is 5.75 Å². The summed E-state index contributed by atoms with van der Waals surface area (Å²) < 4.78 is 5.35. The summed E-state index contributed by atoms with van der Waals surface area (Å²) >= 11 is 6.07. The van der Waals surface area contributed by atoms with Crippen LogP contribution in [0.4, 0.5) is 10.5 Å². The molecular weight excluding hydrogens is 396 g/mol. The smallest absolute Gasteiger partial charge is 0.325 e. The number of anilines is 1. The Morgan fingerprint density at radius 2 is 2.14 bits per heavy atom. The van der Waals surface area contributed by atoms with Crippen LogP contribution < -0.4 is 15.4 Å². The molecule has 1 fully saturated rings. The number of amides is 3. The van der Waals surface area contributed by atoms with Crippen molar-refractivity contribution in [2.75, 3.05) is 32.6 Å². The first-order chi connectivity index (χ1) is 13.9. The van der Waals surface area contributed by atoms with E-state index in [2.05, 4.69) is 20.5 Å². The molecule has 2 N–H and O–H groups in total. The van der Waals surface area contributed by atoms with Crippen molar-refractivity contribution in [1.82, 2.24) is 20.0 Å². The Morgan fingerprint density at radius 3 is 2.90 bits per heavy atom. The van der Waals surface area contributed by atoms with E-state index in [-0.39, 0.29) is 5.91 Å². The molecular formula is C19H23ClN6O3. The number of carbonyl (C=O) groups excluding carboxylic acids is 2. The fourth-order valence-corrected chi connectivity index (χ4v) is 3.97. The van der Waals surface area contributed by atoms with E-state index in [0.29, 0.717) is 24.1 Å². The van der Waals surface area contributed by atoms with Gasteiger partial charge in [0.25, 0.3) is 5.91 Å². The molecule has 0 bridgehead atoms. The maximum absolute atomic E-state index is 12.3. The lowest BCUT2D eigenvalue weighted by Crippen LogP contribution is -2.62. The summed E-state index contributed by atoms with van der Waals surface area (Å²) in [5.41, 5.74) is 1.85. The van der Waals surface area contributed by atoms with E-state index in [1.807, 2.05) is 30.2 Å². The predicted molar refractivity (Wildman–Crippen MR) is 110 cm³/mol. The SMILES string of the molecule is COc1ccc(Cl)cc1NCCCN1C(C)=CN2C1=NC1C2C(=O)NC(=O)N1C. The monoisotopic (exact) mass is 418 g/mol. The Kier molecular flexibility index (Phi) is 4.99. The number of allylic oxidation sites excluding steroid dienone is 1. The Labute approximate surface area is 173 Å². The van der Waals surface area contributed by atoms with E-state index in [9.17, 15) is 9.59 Å². The van der Waals surface area contributed by atoms with Crippen molar-refractivity contribution in [2.24, 2.45) is 4.99 Å². The molecule has 2 unspecified atom stereocenters. The van der Waals surface area contributed by atoms with Crippen molar-refractivity contribution >= 4 is 35.2 Å². The highest BCUT2D eigenvalue weighted by Gasteiger charge is 2.51. The van der Waals surface area contributed by atoms with E-state index in [4.69, 9.17) is 16.3 Å². The molecule has 1 aromatic rings. The van der Waals surface area contributed by atoms with Gasteiger partial charge in [-0.1, -0.05) is 11.6 Å². The zero-order chi connectivity index (χ0) is 20.7. The molecule has 4 rings (SSSR count). The zero-order valence-corrected chi connectivity index (χ0v) is 17.2. The summed E-state index contributed by atoms with van der Waals surface area (Å²) in [6, 6.07) is 4.50. The van der Waals surface area contributed by atoms with Crippen molar-refractivity contribution in [1.29, 1.82) is 0 Å². The first kappa shape index (κ1) is 19.4. The third kappa shape index (κ3) is 3.35. The van der Waals surface area contributed by atoms with Crippen molar-refractivity contribution in [3.63, 3.8) is 0 Å². The number of fused-ring (bicyclic) bond motifs is 3. The summed E-state index contributed by atoms with van der Waals surface area (Å²) in [6.45, 7) is 3.41. The lowest BCUT2D eigenvalue weighted by atomic mass is 10.1. The van der Waals surface area contributed by atoms with Crippen LogP contribution >= 0.6 is 11.6 Å². The number of nitrogens with zero attached hydrogens (tertiary/aromatic N) is 4. The highest BCUT2D eigenvalue weighted by molar-refractivity contribution is 6.30. The minimum absolute atomic E-state index is 0.322. The number of methoxy groups -OCH3 is 1. The molecule has 10 heteroatoms. The van der Waals surface area contributed by atoms with Crippen molar-refractivity contribution in [2.45, 2.75) is 25.6 Å². The lowest BCUT2D eigenvalue weighted by Gasteiger charge is -2.34. The number of benzene rings is 1. The van der Waals surface area contributed by atoms with Gasteiger partial charge < -0.3 is 24.8 Å². The molecule has 9 nitrogen and oxygen atoms in total. The maximum Gasteiger partial charge on any atom is 0.325 e. The third-order valence-electron chi connectivity index (χ3n) is 5.31. The van der Waals surface area contributed by atoms with E-state index in [1.54, 1.807) is 20.2 Å². The van der Waals surface area contributed by atoms with Crippen LogP contribution in [-0.2, 0) is 4.79 Å². The summed E-state index contributed by atoms with van der Waals surface area (Å²) in [6.07, 6.45) is 2.23. The molecule has 1 aromatic carbocycles. The molecule has 154 valence electrons. The van der Waals surface area contributed by atoms with Gasteiger partial charge in [-0.2, -0.15) is 0 Å². The van der Waals surface area contributed by atoms with Gasteiger partial charge in [-0.3, -0.25) is 10.1 Å². The molecule has 2 atom stereocenters. The summed E-state index contributed by atoms with van der Waals surface area (Å²) in [4.78, 5) is 34.3. The Hall–Kier alpha value is -2.94. The van der Waals surface area contributed by atoms with Gasteiger partial charge in [-0.25, -0.2) is 9.79 Å². The van der Waals surface area contributed by atoms with Crippen LogP contribution in [0.2, 0.25) is 5.02 Å². The molecule has 0 aromatic heterocycles. The molecule has 3 aliphatic rings. The molecule has 1 saturated heterocycles. The highest BCUT2D eigenvalue weighted by Crippen LogP contribution is 2.32. The third-order valence-corrected chi connectivity index (χ3v) is 5.54. The van der Waals surface area contributed by atoms with Gasteiger partial charge in [-0.15, -0.1) is 0 Å². The van der Waals surface area contributed by atoms with Crippen LogP contribution in [0.3, 0.4) is 0 Å². The number of nitrogens with one attached hydrogen (secondary N) is 2. The van der Waals surface area contributed by atoms with Gasteiger partial charge in [0.05, 0.1) is 12.8 Å². The fourth-order valence-electron chi connectivity index (χ4n) is 3.80. The van der Waals surface area contributed by atoms with Gasteiger partial charge in [0.1, 0.15) is 5.75 Å². The minimum Gasteiger partial charge on any atom is -0.495 e. The topological polar surface area (TPSA) is 89.5 Å². The zero-order valence-electron chi connectivity index (χ0n) is 16.5. The van der Waals surface area contributed by atoms with Crippen LogP contribution in [-0.4, -0.2) is 72.1 Å². The number of hydrogen-bond donors (Lipinski definition) is 2. The molecule has 0 aliphatic carbocycles. The summed E-state index contributed by atoms with van der Waals surface area (Å²) in [7, 11) is 3.27. The van der Waals surface area contributed by atoms with Crippen molar-refractivity contribution in [3.05, 3.63) is 35.1 Å². The molecule has 29 heavy (non-hydrogen) atoms. The number of halogens is 1. The Balaban J connectivity index is 1.40. The minimum atomic E-state index is -0.526. The lowest BCUT2D eigenvalue weighted by molar-refractivity contribution is -0.126. The van der Waals surface area contributed by atoms with Gasteiger partial charge in [0.15, 0.2) is 12.2 Å². The Morgan fingerprint density at radius 1 is 1.34 bits per heavy atom. The number of ether oxygens (including phenoxy) is 1. The molecule has 3 heterocycles. The van der Waals surface area contributed by atoms with Crippen LogP contribution in [0, 0.1) is 0 Å². The summed E-state index contributed by atoms with van der Waals surface area (Å²) in [5.74, 6) is 1.12. The van der Waals surface area contributed by atoms with E-state index >= 15 is 0 Å². The summed E-state index contributed by atoms with van der Waals surface area (Å²) in [5, 5.41) is 6.37. The van der Waals surface area contributed by atoms with Gasteiger partial charge in [-0.05, 0) is 31.5 Å². The van der Waals surface area contributed by atoms with Crippen LogP contribution in [0.15, 0.2) is 35.1 Å². The van der Waals surface area contributed by atoms with Gasteiger partial charge in [0.2, 0.25) is 5.96 Å². The molecule has 0 spiro atoms. The number of imide groups is 1. The fraction of sp³-hybridized carbons (Fsp3) is 0.421. The van der Waals surface area contributed by atoms with Crippen LogP contribution in [0.1, 0.15) is 13.3 Å². The quantitative estimate of drug-likeness (QED) is 0.685. The van der Waals surface area contributed by atoms with Crippen LogP contribution in [0.25, 0.3) is 0 Å². The molecule has 3 aliphatic heterocycles. The van der Waals surface area contributed by atoms with Gasteiger partial charge >= 0.3 is 6.03 Å². The van der Waals surface area contributed by atoms with E-state index < -0.39 is 18.2 Å². The average molecular weight is 419 g/mol. The predicted octanol–water partition coefficient (Wildman–Crippen LogP) is 1.88. The van der Waals surface area contributed by atoms with E-state index in [0.717, 1.165) is 23.6 Å². The first-order valence-electron chi connectivity index (χ1n) is 9.38. The van der Waals surface area contributed by atoms with E-state index in [1.165, 1.54) is 4.90 Å². The number of rotatable bonds is 6. The average Bonchev–Trinajstić information content (AvgIpc) is 3.19. The van der Waals surface area contributed by atoms with Crippen molar-refractivity contribution < 1.29 is 14.3 Å². The number of aliphatic imine (C=N–C) groups is 1. The number of hydrogen-bond acceptors (Lipinski definition) is 7. The maximum atomic E-state index is 12.3. The second-order valence-electron chi connectivity index (χ2n) is 7.15. The number of guanidine groups is 1. The molecule has 3 amide bonds. The second-order valence-corrected chi connectivity index (χ2v) is 7.58. The molecule has 0 radical (unpaired) electrons. The van der Waals surface area contributed by atoms with Gasteiger partial charge in [0, 0.05) is 37.1 Å². The number of likely N-dealkylation sites (N-methyl/N-ethyl adjacent to an activating group) is 1. The molecule has 0 saturated carbocycles. The highest BCUT2D eigenvalue weighted by atomic mass is 35.5. The normalized spacial score (nSPS) is 22.8. The standard InChI is InChI=1S/C19H23ClN6O3/c1-11-10-26-15-16(24(2)19(28)23-17(15)27)22-18(26)25(11)8-4-7-21-13-9-12(20)5-6-14(13)29-3/h5-6,9-10,15-16,21H,4,7-8H2,1-3H3,(H,23,27,28). The second kappa shape index (κ2) is 7.47. The first-order valence-corrected chi connectivity index (χ1v) is 9.75. The number of urea groups is 1. The van der Waals surface area contributed by atoms with Crippen LogP contribution in [0.5, 0.6) is 5.75 Å². The Bertz CT molecular complexity index is 917. The largest absolute Gasteiger partial charge is 0.495 e. The number of carbonyl (C=O) groups is 2.